The number of pyridine rings is 2. The minimum absolute atomic E-state index is 0.000675. The number of oxime groups is 1. The number of aromatic hydroxyl groups is 1. The largest absolute Gasteiger partial charge is 0.506 e. The number of aromatic nitrogens is 2. The van der Waals surface area contributed by atoms with Crippen LogP contribution in [0.3, 0.4) is 0 Å². The Morgan fingerprint density at radius 2 is 1.97 bits per heavy atom. The molecule has 2 aromatic heterocycles. The van der Waals surface area contributed by atoms with Gasteiger partial charge in [-0.25, -0.2) is 9.97 Å². The molecule has 0 saturated carbocycles. The van der Waals surface area contributed by atoms with Gasteiger partial charge in [-0.2, -0.15) is 0 Å². The van der Waals surface area contributed by atoms with E-state index < -0.39 is 0 Å². The highest BCUT2D eigenvalue weighted by molar-refractivity contribution is 6.31. The molecule has 30 heavy (non-hydrogen) atoms. The standard InChI is InChI=1S/C23H23ClN4O2/c24-15-8-10-20-18(13-15)23(17-6-1-2-7-19(17)28-20)25-12-4-3-5-16-9-11-22(29)21(27-16)14-26-30/h6-11,13-14,25,29-30H,1-5,12H2/b26-14+. The molecular weight excluding hydrogens is 400 g/mol. The van der Waals surface area contributed by atoms with Gasteiger partial charge in [-0.15, -0.1) is 0 Å². The third-order valence-corrected chi connectivity index (χ3v) is 5.40. The van der Waals surface area contributed by atoms with E-state index in [2.05, 4.69) is 27.6 Å². The molecule has 0 amide bonds. The van der Waals surface area contributed by atoms with Crippen molar-refractivity contribution < 1.29 is 10.3 Å². The van der Waals surface area contributed by atoms with E-state index >= 15 is 0 Å². The highest BCUT2D eigenvalue weighted by Crippen LogP contribution is 2.22. The Labute approximate surface area is 179 Å². The van der Waals surface area contributed by atoms with Crippen molar-refractivity contribution in [3.63, 3.8) is 0 Å². The van der Waals surface area contributed by atoms with Gasteiger partial charge in [0, 0.05) is 27.9 Å². The number of rotatable bonds is 7. The first kappa shape index (κ1) is 20.2. The van der Waals surface area contributed by atoms with Crippen LogP contribution < -0.4 is 15.9 Å². The first-order valence-electron chi connectivity index (χ1n) is 10.1. The van der Waals surface area contributed by atoms with Crippen molar-refractivity contribution in [3.05, 3.63) is 57.3 Å². The van der Waals surface area contributed by atoms with Crippen molar-refractivity contribution in [2.24, 2.45) is 5.16 Å². The summed E-state index contributed by atoms with van der Waals surface area (Å²) in [6, 6.07) is 9.18. The molecule has 7 heteroatoms. The SMILES string of the molecule is O/N=C/c1nc(CCCCNc2c3c(nc4ccc(Cl)cc24)=CCCC=3)ccc1O. The topological polar surface area (TPSA) is 90.6 Å². The van der Waals surface area contributed by atoms with Crippen molar-refractivity contribution in [2.75, 3.05) is 11.9 Å². The second-order valence-electron chi connectivity index (χ2n) is 7.27. The number of nitrogens with zero attached hydrogens (tertiary/aromatic N) is 3. The fourth-order valence-electron chi connectivity index (χ4n) is 3.71. The van der Waals surface area contributed by atoms with Crippen LogP contribution >= 0.6 is 11.6 Å². The molecule has 3 aromatic rings. The van der Waals surface area contributed by atoms with Gasteiger partial charge in [0.05, 0.1) is 22.8 Å². The molecule has 4 rings (SSSR count). The fraction of sp³-hybridized carbons (Fsp3) is 0.261. The number of aryl methyl sites for hydroxylation is 1. The number of hydrogen-bond acceptors (Lipinski definition) is 6. The molecule has 1 aliphatic carbocycles. The smallest absolute Gasteiger partial charge is 0.142 e. The number of unbranched alkanes of at least 4 members (excludes halogenated alkanes) is 1. The third kappa shape index (κ3) is 4.39. The van der Waals surface area contributed by atoms with Crippen molar-refractivity contribution in [2.45, 2.75) is 32.1 Å². The number of fused-ring (bicyclic) bond motifs is 2. The lowest BCUT2D eigenvalue weighted by molar-refractivity contribution is 0.321. The first-order valence-corrected chi connectivity index (χ1v) is 10.4. The van der Waals surface area contributed by atoms with Gasteiger partial charge in [-0.05, 0) is 62.4 Å². The lowest BCUT2D eigenvalue weighted by Gasteiger charge is -2.13. The molecule has 3 N–H and O–H groups in total. The lowest BCUT2D eigenvalue weighted by atomic mass is 10.1. The summed E-state index contributed by atoms with van der Waals surface area (Å²) in [6.07, 6.45) is 10.3. The Balaban J connectivity index is 1.46. The molecule has 0 bridgehead atoms. The van der Waals surface area contributed by atoms with Gasteiger partial charge in [-0.1, -0.05) is 28.9 Å². The molecule has 0 spiro atoms. The summed E-state index contributed by atoms with van der Waals surface area (Å²) in [4.78, 5) is 9.10. The number of benzene rings is 1. The maximum atomic E-state index is 9.71. The molecule has 1 aromatic carbocycles. The summed E-state index contributed by atoms with van der Waals surface area (Å²) in [5.74, 6) is -0.000675. The zero-order valence-electron chi connectivity index (χ0n) is 16.5. The summed E-state index contributed by atoms with van der Waals surface area (Å²) < 4.78 is 0. The van der Waals surface area contributed by atoms with Crippen LogP contribution in [-0.2, 0) is 6.42 Å². The fourth-order valence-corrected chi connectivity index (χ4v) is 3.88. The predicted molar refractivity (Wildman–Crippen MR) is 121 cm³/mol. The Hall–Kier alpha value is -3.12. The first-order chi connectivity index (χ1) is 14.7. The van der Waals surface area contributed by atoms with E-state index in [1.165, 1.54) is 0 Å². The van der Waals surface area contributed by atoms with Crippen LogP contribution in [0.5, 0.6) is 5.75 Å². The summed E-state index contributed by atoms with van der Waals surface area (Å²) in [5.41, 5.74) is 3.16. The van der Waals surface area contributed by atoms with Gasteiger partial charge in [-0.3, -0.25) is 0 Å². The zero-order valence-corrected chi connectivity index (χ0v) is 17.2. The molecule has 0 fully saturated rings. The number of halogens is 1. The van der Waals surface area contributed by atoms with Crippen LogP contribution in [0.4, 0.5) is 5.69 Å². The van der Waals surface area contributed by atoms with Gasteiger partial charge in [0.2, 0.25) is 0 Å². The number of anilines is 1. The summed E-state index contributed by atoms with van der Waals surface area (Å²) in [7, 11) is 0. The minimum Gasteiger partial charge on any atom is -0.506 e. The van der Waals surface area contributed by atoms with E-state index in [0.29, 0.717) is 5.02 Å². The van der Waals surface area contributed by atoms with Crippen LogP contribution in [0.25, 0.3) is 23.1 Å². The molecule has 0 aliphatic heterocycles. The molecular formula is C23H23ClN4O2. The van der Waals surface area contributed by atoms with Crippen molar-refractivity contribution in [1.82, 2.24) is 9.97 Å². The lowest BCUT2D eigenvalue weighted by Crippen LogP contribution is -2.33. The Bertz CT molecular complexity index is 1220. The molecule has 2 heterocycles. The molecule has 0 saturated heterocycles. The quantitative estimate of drug-likeness (QED) is 0.234. The Kier molecular flexibility index (Phi) is 6.14. The van der Waals surface area contributed by atoms with Crippen molar-refractivity contribution in [1.29, 1.82) is 0 Å². The third-order valence-electron chi connectivity index (χ3n) is 5.17. The van der Waals surface area contributed by atoms with E-state index in [-0.39, 0.29) is 11.4 Å². The van der Waals surface area contributed by atoms with Crippen LogP contribution in [0.15, 0.2) is 35.5 Å². The van der Waals surface area contributed by atoms with Gasteiger partial charge in [0.15, 0.2) is 0 Å². The average molecular weight is 423 g/mol. The molecule has 6 nitrogen and oxygen atoms in total. The molecule has 1 aliphatic rings. The number of hydrogen-bond donors (Lipinski definition) is 3. The highest BCUT2D eigenvalue weighted by Gasteiger charge is 2.09. The van der Waals surface area contributed by atoms with E-state index in [1.54, 1.807) is 12.1 Å². The monoisotopic (exact) mass is 422 g/mol. The second-order valence-corrected chi connectivity index (χ2v) is 7.70. The van der Waals surface area contributed by atoms with Crippen molar-refractivity contribution >= 4 is 46.6 Å². The maximum absolute atomic E-state index is 9.71. The van der Waals surface area contributed by atoms with Gasteiger partial charge >= 0.3 is 0 Å². The zero-order chi connectivity index (χ0) is 20.9. The van der Waals surface area contributed by atoms with E-state index in [0.717, 1.165) is 77.7 Å². The van der Waals surface area contributed by atoms with Gasteiger partial charge < -0.3 is 15.6 Å². The second kappa shape index (κ2) is 9.13. The number of nitrogens with one attached hydrogen (secondary N) is 1. The summed E-state index contributed by atoms with van der Waals surface area (Å²) in [6.45, 7) is 0.814. The maximum Gasteiger partial charge on any atom is 0.142 e. The average Bonchev–Trinajstić information content (AvgIpc) is 2.75. The molecule has 0 radical (unpaired) electrons. The normalized spacial score (nSPS) is 13.1. The Morgan fingerprint density at radius 3 is 2.83 bits per heavy atom. The summed E-state index contributed by atoms with van der Waals surface area (Å²) in [5, 5.41) is 28.8. The highest BCUT2D eigenvalue weighted by atomic mass is 35.5. The van der Waals surface area contributed by atoms with Crippen LogP contribution in [0.1, 0.15) is 37.1 Å². The van der Waals surface area contributed by atoms with Crippen LogP contribution in [0, 0.1) is 0 Å². The van der Waals surface area contributed by atoms with Gasteiger partial charge in [0.1, 0.15) is 11.4 Å². The van der Waals surface area contributed by atoms with Crippen molar-refractivity contribution in [3.8, 4) is 5.75 Å². The van der Waals surface area contributed by atoms with E-state index in [1.807, 2.05) is 18.2 Å². The van der Waals surface area contributed by atoms with E-state index in [9.17, 15) is 5.11 Å². The minimum atomic E-state index is -0.000675. The van der Waals surface area contributed by atoms with Gasteiger partial charge in [0.25, 0.3) is 0 Å². The summed E-state index contributed by atoms with van der Waals surface area (Å²) >= 11 is 6.25. The van der Waals surface area contributed by atoms with Crippen LogP contribution in [-0.4, -0.2) is 33.0 Å². The molecule has 154 valence electrons. The van der Waals surface area contributed by atoms with E-state index in [4.69, 9.17) is 21.8 Å². The molecule has 0 unspecified atom stereocenters. The van der Waals surface area contributed by atoms with Crippen LogP contribution in [0.2, 0.25) is 5.02 Å². The Morgan fingerprint density at radius 1 is 1.10 bits per heavy atom. The molecule has 0 atom stereocenters. The predicted octanol–water partition coefficient (Wildman–Crippen LogP) is 3.59.